The van der Waals surface area contributed by atoms with Gasteiger partial charge in [0.15, 0.2) is 5.96 Å². The van der Waals surface area contributed by atoms with Crippen molar-refractivity contribution >= 4 is 5.96 Å². The molecule has 6 nitrogen and oxygen atoms in total. The Bertz CT molecular complexity index is 685. The van der Waals surface area contributed by atoms with Crippen LogP contribution in [0.4, 0.5) is 0 Å². The molecule has 2 N–H and O–H groups in total. The number of methoxy groups -OCH3 is 1. The molecule has 0 aliphatic carbocycles. The summed E-state index contributed by atoms with van der Waals surface area (Å²) < 4.78 is 5.44. The first kappa shape index (κ1) is 17.7. The highest BCUT2D eigenvalue weighted by Crippen LogP contribution is 2.23. The molecule has 0 saturated carbocycles. The molecule has 0 aliphatic rings. The number of nitrogens with zero attached hydrogens (tertiary/aromatic N) is 3. The zero-order chi connectivity index (χ0) is 17.4. The van der Waals surface area contributed by atoms with Gasteiger partial charge in [0.2, 0.25) is 0 Å². The third kappa shape index (κ3) is 4.68. The van der Waals surface area contributed by atoms with Gasteiger partial charge in [-0.05, 0) is 26.0 Å². The highest BCUT2D eigenvalue weighted by molar-refractivity contribution is 5.79. The van der Waals surface area contributed by atoms with E-state index in [1.165, 1.54) is 0 Å². The summed E-state index contributed by atoms with van der Waals surface area (Å²) >= 11 is 0. The van der Waals surface area contributed by atoms with E-state index in [1.807, 2.05) is 44.4 Å². The topological polar surface area (TPSA) is 71.4 Å². The number of pyridine rings is 2. The summed E-state index contributed by atoms with van der Waals surface area (Å²) in [6, 6.07) is 5.93. The molecule has 0 unspecified atom stereocenters. The standard InChI is InChI=1S/C18H25N5O/c1-13-11-22-16(14(2)17(13)24-4)12-23-18(19-3)21-10-8-15-7-5-6-9-20-15/h5-7,9,11H,8,10,12H2,1-4H3,(H2,19,21,23). The predicted octanol–water partition coefficient (Wildman–Crippen LogP) is 2.01. The number of aromatic nitrogens is 2. The molecule has 0 aliphatic heterocycles. The third-order valence-corrected chi connectivity index (χ3v) is 3.80. The highest BCUT2D eigenvalue weighted by atomic mass is 16.5. The largest absolute Gasteiger partial charge is 0.496 e. The van der Waals surface area contributed by atoms with Crippen molar-refractivity contribution in [3.8, 4) is 5.75 Å². The number of hydrogen-bond donors (Lipinski definition) is 2. The van der Waals surface area contributed by atoms with Gasteiger partial charge in [-0.2, -0.15) is 0 Å². The lowest BCUT2D eigenvalue weighted by Crippen LogP contribution is -2.38. The van der Waals surface area contributed by atoms with E-state index in [0.29, 0.717) is 6.54 Å². The minimum Gasteiger partial charge on any atom is -0.496 e. The minimum absolute atomic E-state index is 0.589. The highest BCUT2D eigenvalue weighted by Gasteiger charge is 2.09. The smallest absolute Gasteiger partial charge is 0.191 e. The second-order valence-electron chi connectivity index (χ2n) is 5.47. The van der Waals surface area contributed by atoms with Gasteiger partial charge < -0.3 is 15.4 Å². The maximum absolute atomic E-state index is 5.44. The van der Waals surface area contributed by atoms with Crippen molar-refractivity contribution < 1.29 is 4.74 Å². The summed E-state index contributed by atoms with van der Waals surface area (Å²) in [6.45, 7) is 5.37. The fourth-order valence-electron chi connectivity index (χ4n) is 2.49. The van der Waals surface area contributed by atoms with Crippen LogP contribution in [0.15, 0.2) is 35.6 Å². The molecule has 0 fully saturated rings. The van der Waals surface area contributed by atoms with Gasteiger partial charge in [0.05, 0.1) is 19.3 Å². The zero-order valence-corrected chi connectivity index (χ0v) is 14.8. The van der Waals surface area contributed by atoms with E-state index in [1.54, 1.807) is 14.2 Å². The number of guanidine groups is 1. The molecule has 0 radical (unpaired) electrons. The predicted molar refractivity (Wildman–Crippen MR) is 96.4 cm³/mol. The van der Waals surface area contributed by atoms with Gasteiger partial charge in [0.25, 0.3) is 0 Å². The molecule has 2 heterocycles. The van der Waals surface area contributed by atoms with E-state index in [0.717, 1.165) is 47.2 Å². The van der Waals surface area contributed by atoms with Gasteiger partial charge in [-0.25, -0.2) is 0 Å². The fraction of sp³-hybridized carbons (Fsp3) is 0.389. The maximum Gasteiger partial charge on any atom is 0.191 e. The van der Waals surface area contributed by atoms with Gasteiger partial charge in [-0.3, -0.25) is 15.0 Å². The molecule has 2 rings (SSSR count). The molecule has 2 aromatic rings. The molecular weight excluding hydrogens is 302 g/mol. The zero-order valence-electron chi connectivity index (χ0n) is 14.8. The lowest BCUT2D eigenvalue weighted by atomic mass is 10.1. The SMILES string of the molecule is CN=C(NCCc1ccccn1)NCc1ncc(C)c(OC)c1C. The van der Waals surface area contributed by atoms with E-state index in [2.05, 4.69) is 25.6 Å². The second-order valence-corrected chi connectivity index (χ2v) is 5.47. The van der Waals surface area contributed by atoms with Crippen LogP contribution in [-0.4, -0.2) is 36.6 Å². The minimum atomic E-state index is 0.589. The summed E-state index contributed by atoms with van der Waals surface area (Å²) in [7, 11) is 3.44. The van der Waals surface area contributed by atoms with Gasteiger partial charge in [0, 0.05) is 49.2 Å². The summed E-state index contributed by atoms with van der Waals surface area (Å²) in [5.41, 5.74) is 4.09. The summed E-state index contributed by atoms with van der Waals surface area (Å²) in [5, 5.41) is 6.57. The van der Waals surface area contributed by atoms with Crippen LogP contribution in [0, 0.1) is 13.8 Å². The van der Waals surface area contributed by atoms with Crippen LogP contribution >= 0.6 is 0 Å². The molecule has 0 atom stereocenters. The lowest BCUT2D eigenvalue weighted by molar-refractivity contribution is 0.406. The van der Waals surface area contributed by atoms with Crippen LogP contribution in [0.1, 0.15) is 22.5 Å². The van der Waals surface area contributed by atoms with Crippen LogP contribution in [0.2, 0.25) is 0 Å². The Kier molecular flexibility index (Phi) is 6.54. The van der Waals surface area contributed by atoms with Crippen LogP contribution in [0.3, 0.4) is 0 Å². The second kappa shape index (κ2) is 8.86. The van der Waals surface area contributed by atoms with Crippen molar-refractivity contribution in [2.45, 2.75) is 26.8 Å². The normalized spacial score (nSPS) is 11.2. The average molecular weight is 327 g/mol. The first-order chi connectivity index (χ1) is 11.7. The lowest BCUT2D eigenvalue weighted by Gasteiger charge is -2.15. The monoisotopic (exact) mass is 327 g/mol. The molecule has 0 spiro atoms. The van der Waals surface area contributed by atoms with Gasteiger partial charge >= 0.3 is 0 Å². The van der Waals surface area contributed by atoms with Crippen molar-refractivity contribution in [3.05, 3.63) is 53.1 Å². The molecule has 0 amide bonds. The first-order valence-electron chi connectivity index (χ1n) is 7.99. The van der Waals surface area contributed by atoms with E-state index in [-0.39, 0.29) is 0 Å². The third-order valence-electron chi connectivity index (χ3n) is 3.80. The summed E-state index contributed by atoms with van der Waals surface area (Å²) in [5.74, 6) is 1.63. The van der Waals surface area contributed by atoms with E-state index in [9.17, 15) is 0 Å². The Morgan fingerprint density at radius 1 is 1.21 bits per heavy atom. The Labute approximate surface area is 143 Å². The van der Waals surface area contributed by atoms with Crippen LogP contribution in [-0.2, 0) is 13.0 Å². The van der Waals surface area contributed by atoms with E-state index in [4.69, 9.17) is 4.74 Å². The number of ether oxygens (including phenoxy) is 1. The number of nitrogens with one attached hydrogen (secondary N) is 2. The fourth-order valence-corrected chi connectivity index (χ4v) is 2.49. The summed E-state index contributed by atoms with van der Waals surface area (Å²) in [4.78, 5) is 13.0. The van der Waals surface area contributed by atoms with Crippen molar-refractivity contribution in [1.29, 1.82) is 0 Å². The maximum atomic E-state index is 5.44. The van der Waals surface area contributed by atoms with Crippen LogP contribution in [0.25, 0.3) is 0 Å². The van der Waals surface area contributed by atoms with Crippen LogP contribution < -0.4 is 15.4 Å². The molecule has 0 aromatic carbocycles. The van der Waals surface area contributed by atoms with Crippen molar-refractivity contribution in [3.63, 3.8) is 0 Å². The summed E-state index contributed by atoms with van der Waals surface area (Å²) in [6.07, 6.45) is 4.49. The Morgan fingerprint density at radius 3 is 2.71 bits per heavy atom. The Hall–Kier alpha value is -2.63. The molecule has 2 aromatic heterocycles. The average Bonchev–Trinajstić information content (AvgIpc) is 2.60. The molecule has 128 valence electrons. The molecule has 6 heteroatoms. The van der Waals surface area contributed by atoms with Crippen molar-refractivity contribution in [2.24, 2.45) is 4.99 Å². The molecule has 24 heavy (non-hydrogen) atoms. The quantitative estimate of drug-likeness (QED) is 0.627. The number of rotatable bonds is 6. The van der Waals surface area contributed by atoms with Gasteiger partial charge in [-0.15, -0.1) is 0 Å². The number of hydrogen-bond acceptors (Lipinski definition) is 4. The Balaban J connectivity index is 1.88. The van der Waals surface area contributed by atoms with Crippen LogP contribution in [0.5, 0.6) is 5.75 Å². The molecule has 0 saturated heterocycles. The van der Waals surface area contributed by atoms with E-state index >= 15 is 0 Å². The number of aryl methyl sites for hydroxylation is 1. The van der Waals surface area contributed by atoms with E-state index < -0.39 is 0 Å². The molecular formula is C18H25N5O. The van der Waals surface area contributed by atoms with Crippen molar-refractivity contribution in [2.75, 3.05) is 20.7 Å². The first-order valence-corrected chi connectivity index (χ1v) is 7.99. The molecule has 0 bridgehead atoms. The Morgan fingerprint density at radius 2 is 2.04 bits per heavy atom. The van der Waals surface area contributed by atoms with Gasteiger partial charge in [0.1, 0.15) is 5.75 Å². The van der Waals surface area contributed by atoms with Crippen molar-refractivity contribution in [1.82, 2.24) is 20.6 Å². The van der Waals surface area contributed by atoms with Gasteiger partial charge in [-0.1, -0.05) is 6.07 Å². The number of aliphatic imine (C=N–C) groups is 1.